The predicted octanol–water partition coefficient (Wildman–Crippen LogP) is 4.61. The van der Waals surface area contributed by atoms with Crippen LogP contribution in [0.4, 0.5) is 11.5 Å². The van der Waals surface area contributed by atoms with Gasteiger partial charge in [0.2, 0.25) is 0 Å². The first kappa shape index (κ1) is 18.9. The Bertz CT molecular complexity index is 694. The highest BCUT2D eigenvalue weighted by Gasteiger charge is 2.16. The van der Waals surface area contributed by atoms with Crippen molar-refractivity contribution in [1.82, 2.24) is 14.9 Å². The van der Waals surface area contributed by atoms with Gasteiger partial charge in [0.1, 0.15) is 17.8 Å². The lowest BCUT2D eigenvalue weighted by molar-refractivity contribution is 0.0749. The van der Waals surface area contributed by atoms with Gasteiger partial charge in [0.05, 0.1) is 0 Å². The van der Waals surface area contributed by atoms with Crippen molar-refractivity contribution in [2.24, 2.45) is 0 Å². The Morgan fingerprint density at radius 2 is 1.80 bits per heavy atom. The van der Waals surface area contributed by atoms with Crippen molar-refractivity contribution >= 4 is 17.4 Å². The van der Waals surface area contributed by atoms with Gasteiger partial charge < -0.3 is 10.2 Å². The summed E-state index contributed by atoms with van der Waals surface area (Å²) in [6.07, 6.45) is 3.32. The number of hydrogen-bond acceptors (Lipinski definition) is 4. The van der Waals surface area contributed by atoms with E-state index in [1.165, 1.54) is 11.9 Å². The fraction of sp³-hybridized carbons (Fsp3) is 0.450. The molecule has 0 spiro atoms. The quantitative estimate of drug-likeness (QED) is 0.762. The van der Waals surface area contributed by atoms with E-state index >= 15 is 0 Å². The van der Waals surface area contributed by atoms with Crippen LogP contribution in [-0.4, -0.2) is 33.9 Å². The number of anilines is 2. The number of aromatic nitrogens is 2. The van der Waals surface area contributed by atoms with Crippen LogP contribution in [-0.2, 0) is 0 Å². The second-order valence-corrected chi connectivity index (χ2v) is 6.45. The molecule has 0 saturated carbocycles. The van der Waals surface area contributed by atoms with Gasteiger partial charge in [-0.1, -0.05) is 45.9 Å². The van der Waals surface area contributed by atoms with Gasteiger partial charge in [0, 0.05) is 24.8 Å². The zero-order valence-electron chi connectivity index (χ0n) is 15.6. The number of amides is 1. The Morgan fingerprint density at radius 1 is 1.12 bits per heavy atom. The summed E-state index contributed by atoms with van der Waals surface area (Å²) < 4.78 is 0. The molecule has 2 rings (SSSR count). The van der Waals surface area contributed by atoms with Gasteiger partial charge in [-0.25, -0.2) is 9.97 Å². The lowest BCUT2D eigenvalue weighted by Gasteiger charge is -2.21. The average Bonchev–Trinajstić information content (AvgIpc) is 2.61. The van der Waals surface area contributed by atoms with Gasteiger partial charge in [0.15, 0.2) is 0 Å². The molecule has 1 heterocycles. The van der Waals surface area contributed by atoms with Crippen LogP contribution in [0.3, 0.4) is 0 Å². The van der Waals surface area contributed by atoms with Crippen LogP contribution in [0.2, 0.25) is 0 Å². The van der Waals surface area contributed by atoms with Crippen LogP contribution in [0.1, 0.15) is 62.5 Å². The fourth-order valence-electron chi connectivity index (χ4n) is 2.81. The predicted molar refractivity (Wildman–Crippen MR) is 102 cm³/mol. The third-order valence-electron chi connectivity index (χ3n) is 4.01. The van der Waals surface area contributed by atoms with E-state index < -0.39 is 0 Å². The Kier molecular flexibility index (Phi) is 6.92. The van der Waals surface area contributed by atoms with E-state index in [1.54, 1.807) is 6.07 Å². The Hall–Kier alpha value is -2.43. The topological polar surface area (TPSA) is 58.1 Å². The Balaban J connectivity index is 2.23. The molecule has 0 saturated heterocycles. The number of rotatable bonds is 8. The van der Waals surface area contributed by atoms with E-state index in [-0.39, 0.29) is 5.91 Å². The molecule has 25 heavy (non-hydrogen) atoms. The van der Waals surface area contributed by atoms with Gasteiger partial charge >= 0.3 is 0 Å². The molecular formula is C20H28N4O. The maximum absolute atomic E-state index is 12.7. The molecule has 5 heteroatoms. The zero-order chi connectivity index (χ0) is 18.2. The van der Waals surface area contributed by atoms with E-state index in [0.717, 1.165) is 31.6 Å². The molecule has 0 unspecified atom stereocenters. The summed E-state index contributed by atoms with van der Waals surface area (Å²) in [7, 11) is 0. The van der Waals surface area contributed by atoms with Crippen LogP contribution >= 0.6 is 0 Å². The Morgan fingerprint density at radius 3 is 2.44 bits per heavy atom. The number of nitrogens with one attached hydrogen (secondary N) is 1. The van der Waals surface area contributed by atoms with Crippen LogP contribution in [0.5, 0.6) is 0 Å². The molecule has 0 fully saturated rings. The molecule has 0 aliphatic carbocycles. The highest BCUT2D eigenvalue weighted by Crippen LogP contribution is 2.26. The first-order chi connectivity index (χ1) is 12.1. The van der Waals surface area contributed by atoms with Crippen LogP contribution < -0.4 is 5.32 Å². The highest BCUT2D eigenvalue weighted by molar-refractivity contribution is 5.93. The molecule has 0 aliphatic heterocycles. The second kappa shape index (κ2) is 9.16. The van der Waals surface area contributed by atoms with Crippen molar-refractivity contribution in [1.29, 1.82) is 0 Å². The SMILES string of the molecule is CCCN(CCC)C(=O)c1cc(Nc2ccccc2C(C)C)ncn1. The lowest BCUT2D eigenvalue weighted by Crippen LogP contribution is -2.33. The second-order valence-electron chi connectivity index (χ2n) is 6.45. The number of para-hydroxylation sites is 1. The van der Waals surface area contributed by atoms with Gasteiger partial charge in [-0.2, -0.15) is 0 Å². The molecular weight excluding hydrogens is 312 g/mol. The van der Waals surface area contributed by atoms with E-state index in [0.29, 0.717) is 17.4 Å². The van der Waals surface area contributed by atoms with E-state index in [2.05, 4.69) is 49.0 Å². The Labute approximate surface area is 150 Å². The van der Waals surface area contributed by atoms with Crippen LogP contribution in [0.25, 0.3) is 0 Å². The summed E-state index contributed by atoms with van der Waals surface area (Å²) >= 11 is 0. The molecule has 2 aromatic rings. The average molecular weight is 340 g/mol. The largest absolute Gasteiger partial charge is 0.340 e. The molecule has 1 aromatic carbocycles. The highest BCUT2D eigenvalue weighted by atomic mass is 16.2. The fourth-order valence-corrected chi connectivity index (χ4v) is 2.81. The van der Waals surface area contributed by atoms with Gasteiger partial charge in [0.25, 0.3) is 5.91 Å². The molecule has 0 aliphatic rings. The zero-order valence-corrected chi connectivity index (χ0v) is 15.6. The van der Waals surface area contributed by atoms with Gasteiger partial charge in [-0.05, 0) is 30.4 Å². The number of hydrogen-bond donors (Lipinski definition) is 1. The molecule has 1 N–H and O–H groups in total. The van der Waals surface area contributed by atoms with Crippen LogP contribution in [0, 0.1) is 0 Å². The summed E-state index contributed by atoms with van der Waals surface area (Å²) in [5, 5.41) is 3.33. The summed E-state index contributed by atoms with van der Waals surface area (Å²) in [5.74, 6) is 1.00. The molecule has 1 amide bonds. The van der Waals surface area contributed by atoms with Crippen molar-refractivity contribution in [3.05, 3.63) is 47.9 Å². The number of carbonyl (C=O) groups excluding carboxylic acids is 1. The van der Waals surface area contributed by atoms with Crippen molar-refractivity contribution in [3.8, 4) is 0 Å². The molecule has 0 bridgehead atoms. The van der Waals surface area contributed by atoms with Crippen molar-refractivity contribution in [2.45, 2.75) is 46.5 Å². The van der Waals surface area contributed by atoms with Crippen molar-refractivity contribution < 1.29 is 4.79 Å². The first-order valence-electron chi connectivity index (χ1n) is 9.04. The maximum Gasteiger partial charge on any atom is 0.272 e. The monoisotopic (exact) mass is 340 g/mol. The lowest BCUT2D eigenvalue weighted by atomic mass is 10.0. The van der Waals surface area contributed by atoms with Gasteiger partial charge in [-0.3, -0.25) is 4.79 Å². The number of nitrogens with zero attached hydrogens (tertiary/aromatic N) is 3. The number of carbonyl (C=O) groups is 1. The minimum Gasteiger partial charge on any atom is -0.340 e. The summed E-state index contributed by atoms with van der Waals surface area (Å²) in [6, 6.07) is 9.89. The molecule has 0 atom stereocenters. The minimum absolute atomic E-state index is 0.0358. The minimum atomic E-state index is -0.0358. The van der Waals surface area contributed by atoms with Crippen molar-refractivity contribution in [2.75, 3.05) is 18.4 Å². The number of benzene rings is 1. The normalized spacial score (nSPS) is 10.8. The van der Waals surface area contributed by atoms with Gasteiger partial charge in [-0.15, -0.1) is 0 Å². The third kappa shape index (κ3) is 5.02. The van der Waals surface area contributed by atoms with Crippen molar-refractivity contribution in [3.63, 3.8) is 0 Å². The maximum atomic E-state index is 12.7. The molecule has 5 nitrogen and oxygen atoms in total. The molecule has 1 aromatic heterocycles. The standard InChI is InChI=1S/C20H28N4O/c1-5-11-24(12-6-2)20(25)18-13-19(22-14-21-18)23-17-10-8-7-9-16(17)15(3)4/h7-10,13-15H,5-6,11-12H2,1-4H3,(H,21,22,23). The smallest absolute Gasteiger partial charge is 0.272 e. The van der Waals surface area contributed by atoms with E-state index in [1.807, 2.05) is 23.1 Å². The van der Waals surface area contributed by atoms with E-state index in [4.69, 9.17) is 0 Å². The molecule has 0 radical (unpaired) electrons. The summed E-state index contributed by atoms with van der Waals surface area (Å²) in [6.45, 7) is 9.95. The summed E-state index contributed by atoms with van der Waals surface area (Å²) in [5.41, 5.74) is 2.66. The molecule has 134 valence electrons. The first-order valence-corrected chi connectivity index (χ1v) is 9.04. The van der Waals surface area contributed by atoms with Crippen LogP contribution in [0.15, 0.2) is 36.7 Å². The summed E-state index contributed by atoms with van der Waals surface area (Å²) in [4.78, 5) is 23.0. The van der Waals surface area contributed by atoms with E-state index in [9.17, 15) is 4.79 Å². The third-order valence-corrected chi connectivity index (χ3v) is 4.01.